The lowest BCUT2D eigenvalue weighted by atomic mass is 9.90. The van der Waals surface area contributed by atoms with Crippen LogP contribution in [0.1, 0.15) is 18.9 Å². The highest BCUT2D eigenvalue weighted by atomic mass is 16.4. The van der Waals surface area contributed by atoms with E-state index in [4.69, 9.17) is 5.11 Å². The van der Waals surface area contributed by atoms with Gasteiger partial charge in [0.05, 0.1) is 11.6 Å². The summed E-state index contributed by atoms with van der Waals surface area (Å²) in [5.74, 6) is -0.693. The predicted molar refractivity (Wildman–Crippen MR) is 58.8 cm³/mol. The van der Waals surface area contributed by atoms with E-state index in [1.807, 2.05) is 26.4 Å². The Bertz CT molecular complexity index is 402. The van der Waals surface area contributed by atoms with Crippen molar-refractivity contribution >= 4 is 5.97 Å². The lowest BCUT2D eigenvalue weighted by molar-refractivity contribution is -0.147. The van der Waals surface area contributed by atoms with Gasteiger partial charge in [-0.15, -0.1) is 0 Å². The summed E-state index contributed by atoms with van der Waals surface area (Å²) >= 11 is 0. The monoisotopic (exact) mass is 223 g/mol. The summed E-state index contributed by atoms with van der Waals surface area (Å²) in [5, 5.41) is 13.2. The van der Waals surface area contributed by atoms with E-state index in [1.165, 1.54) is 0 Å². The molecule has 1 aliphatic rings. The summed E-state index contributed by atoms with van der Waals surface area (Å²) in [6.07, 6.45) is 4.52. The predicted octanol–water partition coefficient (Wildman–Crippen LogP) is 0.717. The second kappa shape index (κ2) is 3.90. The molecule has 1 fully saturated rings. The van der Waals surface area contributed by atoms with Crippen LogP contribution in [0.4, 0.5) is 0 Å². The van der Waals surface area contributed by atoms with Gasteiger partial charge in [-0.3, -0.25) is 14.4 Å². The number of likely N-dealkylation sites (tertiary alicyclic amines) is 1. The van der Waals surface area contributed by atoms with E-state index in [-0.39, 0.29) is 0 Å². The van der Waals surface area contributed by atoms with Crippen LogP contribution in [-0.4, -0.2) is 38.8 Å². The molecule has 0 aliphatic carbocycles. The number of carboxylic acid groups (broad SMARTS) is 1. The summed E-state index contributed by atoms with van der Waals surface area (Å²) in [4.78, 5) is 13.3. The smallest absolute Gasteiger partial charge is 0.310 e. The van der Waals surface area contributed by atoms with Crippen LogP contribution in [0.25, 0.3) is 0 Å². The van der Waals surface area contributed by atoms with E-state index in [1.54, 1.807) is 4.68 Å². The first-order chi connectivity index (χ1) is 7.49. The number of carboxylic acids is 1. The van der Waals surface area contributed by atoms with Crippen LogP contribution in [-0.2, 0) is 18.4 Å². The average Bonchev–Trinajstić information content (AvgIpc) is 2.75. The van der Waals surface area contributed by atoms with Crippen LogP contribution >= 0.6 is 0 Å². The van der Waals surface area contributed by atoms with Crippen molar-refractivity contribution in [3.05, 3.63) is 18.0 Å². The zero-order valence-corrected chi connectivity index (χ0v) is 9.68. The van der Waals surface area contributed by atoms with Gasteiger partial charge >= 0.3 is 5.97 Å². The van der Waals surface area contributed by atoms with Gasteiger partial charge in [-0.25, -0.2) is 0 Å². The van der Waals surface area contributed by atoms with Crippen molar-refractivity contribution in [2.45, 2.75) is 19.9 Å². The number of hydrogen-bond donors (Lipinski definition) is 1. The third kappa shape index (κ3) is 2.09. The first kappa shape index (κ1) is 11.1. The fourth-order valence-corrected chi connectivity index (χ4v) is 2.18. The molecule has 5 heteroatoms. The van der Waals surface area contributed by atoms with E-state index in [0.29, 0.717) is 6.54 Å². The minimum absolute atomic E-state index is 0.581. The van der Waals surface area contributed by atoms with Gasteiger partial charge in [0.25, 0.3) is 0 Å². The normalized spacial score (nSPS) is 26.1. The number of carbonyl (C=O) groups is 1. The molecule has 16 heavy (non-hydrogen) atoms. The maximum absolute atomic E-state index is 11.1. The quantitative estimate of drug-likeness (QED) is 0.820. The largest absolute Gasteiger partial charge is 0.481 e. The average molecular weight is 223 g/mol. The summed E-state index contributed by atoms with van der Waals surface area (Å²) in [7, 11) is 1.88. The van der Waals surface area contributed by atoms with Crippen LogP contribution in [0.3, 0.4) is 0 Å². The fraction of sp³-hybridized carbons (Fsp3) is 0.636. The SMILES string of the molecule is Cn1cc(CN2CCC(C)(C(=O)O)C2)cn1. The topological polar surface area (TPSA) is 58.4 Å². The zero-order chi connectivity index (χ0) is 11.8. The lowest BCUT2D eigenvalue weighted by Crippen LogP contribution is -2.31. The minimum atomic E-state index is -0.693. The molecule has 1 aromatic heterocycles. The van der Waals surface area contributed by atoms with E-state index < -0.39 is 11.4 Å². The van der Waals surface area contributed by atoms with E-state index >= 15 is 0 Å². The Morgan fingerprint density at radius 1 is 1.69 bits per heavy atom. The molecule has 2 heterocycles. The molecule has 1 atom stereocenters. The molecule has 88 valence electrons. The maximum atomic E-state index is 11.1. The first-order valence-electron chi connectivity index (χ1n) is 5.43. The van der Waals surface area contributed by atoms with Crippen molar-refractivity contribution in [1.82, 2.24) is 14.7 Å². The van der Waals surface area contributed by atoms with Crippen LogP contribution < -0.4 is 0 Å². The Morgan fingerprint density at radius 3 is 2.94 bits per heavy atom. The molecule has 2 rings (SSSR count). The van der Waals surface area contributed by atoms with Crippen LogP contribution in [0.15, 0.2) is 12.4 Å². The molecule has 1 aliphatic heterocycles. The van der Waals surface area contributed by atoms with Crippen molar-refractivity contribution in [3.63, 3.8) is 0 Å². The molecule has 1 unspecified atom stereocenters. The van der Waals surface area contributed by atoms with Gasteiger partial charge in [0, 0.05) is 31.9 Å². The molecule has 0 spiro atoms. The van der Waals surface area contributed by atoms with Gasteiger partial charge in [0.2, 0.25) is 0 Å². The van der Waals surface area contributed by atoms with Crippen molar-refractivity contribution < 1.29 is 9.90 Å². The second-order valence-electron chi connectivity index (χ2n) is 4.85. The number of hydrogen-bond acceptors (Lipinski definition) is 3. The van der Waals surface area contributed by atoms with Crippen molar-refractivity contribution in [3.8, 4) is 0 Å². The molecule has 1 aromatic rings. The number of aliphatic carboxylic acids is 1. The molecule has 0 amide bonds. The molecular weight excluding hydrogens is 206 g/mol. The standard InChI is InChI=1S/C11H17N3O2/c1-11(10(15)16)3-4-14(8-11)7-9-5-12-13(2)6-9/h5-6H,3-4,7-8H2,1-2H3,(H,15,16). The fourth-order valence-electron chi connectivity index (χ4n) is 2.18. The molecule has 1 N–H and O–H groups in total. The number of aryl methyl sites for hydroxylation is 1. The molecular formula is C11H17N3O2. The molecule has 1 saturated heterocycles. The Balaban J connectivity index is 1.97. The lowest BCUT2D eigenvalue weighted by Gasteiger charge is -2.19. The zero-order valence-electron chi connectivity index (χ0n) is 9.68. The molecule has 0 bridgehead atoms. The maximum Gasteiger partial charge on any atom is 0.310 e. The Morgan fingerprint density at radius 2 is 2.44 bits per heavy atom. The Hall–Kier alpha value is -1.36. The molecule has 5 nitrogen and oxygen atoms in total. The summed E-state index contributed by atoms with van der Waals surface area (Å²) in [6.45, 7) is 4.07. The van der Waals surface area contributed by atoms with Crippen LogP contribution in [0.5, 0.6) is 0 Å². The van der Waals surface area contributed by atoms with Crippen molar-refractivity contribution in [1.29, 1.82) is 0 Å². The van der Waals surface area contributed by atoms with Gasteiger partial charge < -0.3 is 5.11 Å². The van der Waals surface area contributed by atoms with Gasteiger partial charge in [-0.1, -0.05) is 0 Å². The first-order valence-corrected chi connectivity index (χ1v) is 5.43. The highest BCUT2D eigenvalue weighted by Crippen LogP contribution is 2.30. The third-order valence-electron chi connectivity index (χ3n) is 3.23. The van der Waals surface area contributed by atoms with Crippen molar-refractivity contribution in [2.75, 3.05) is 13.1 Å². The van der Waals surface area contributed by atoms with Gasteiger partial charge in [-0.2, -0.15) is 5.10 Å². The van der Waals surface area contributed by atoms with Crippen LogP contribution in [0, 0.1) is 5.41 Å². The summed E-state index contributed by atoms with van der Waals surface area (Å²) < 4.78 is 1.77. The third-order valence-corrected chi connectivity index (χ3v) is 3.23. The molecule has 0 saturated carbocycles. The number of aromatic nitrogens is 2. The summed E-state index contributed by atoms with van der Waals surface area (Å²) in [6, 6.07) is 0. The Kier molecular flexibility index (Phi) is 2.71. The van der Waals surface area contributed by atoms with Gasteiger partial charge in [0.15, 0.2) is 0 Å². The molecule has 0 radical (unpaired) electrons. The minimum Gasteiger partial charge on any atom is -0.481 e. The van der Waals surface area contributed by atoms with E-state index in [0.717, 1.165) is 25.1 Å². The van der Waals surface area contributed by atoms with E-state index in [9.17, 15) is 4.79 Å². The van der Waals surface area contributed by atoms with Gasteiger partial charge in [-0.05, 0) is 19.9 Å². The highest BCUT2D eigenvalue weighted by molar-refractivity contribution is 5.74. The van der Waals surface area contributed by atoms with E-state index in [2.05, 4.69) is 10.00 Å². The number of rotatable bonds is 3. The second-order valence-corrected chi connectivity index (χ2v) is 4.85. The number of nitrogens with zero attached hydrogens (tertiary/aromatic N) is 3. The summed E-state index contributed by atoms with van der Waals surface area (Å²) in [5.41, 5.74) is 0.555. The van der Waals surface area contributed by atoms with Crippen LogP contribution in [0.2, 0.25) is 0 Å². The van der Waals surface area contributed by atoms with Crippen molar-refractivity contribution in [2.24, 2.45) is 12.5 Å². The van der Waals surface area contributed by atoms with Gasteiger partial charge in [0.1, 0.15) is 0 Å². The highest BCUT2D eigenvalue weighted by Gasteiger charge is 2.40. The Labute approximate surface area is 94.7 Å². The molecule has 0 aromatic carbocycles.